The van der Waals surface area contributed by atoms with Gasteiger partial charge in [0.05, 0.1) is 12.2 Å². The topological polar surface area (TPSA) is 52.3 Å². The van der Waals surface area contributed by atoms with E-state index in [-0.39, 0.29) is 0 Å². The maximum atomic E-state index is 11.7. The second-order valence-electron chi connectivity index (χ2n) is 3.84. The summed E-state index contributed by atoms with van der Waals surface area (Å²) < 4.78 is 5.14. The predicted octanol–water partition coefficient (Wildman–Crippen LogP) is 3.13. The summed E-state index contributed by atoms with van der Waals surface area (Å²) in [5.74, 6) is -0.0651. The van der Waals surface area contributed by atoms with Crippen molar-refractivity contribution in [3.05, 3.63) is 28.8 Å². The zero-order valence-electron chi connectivity index (χ0n) is 9.50. The van der Waals surface area contributed by atoms with Crippen molar-refractivity contribution in [1.82, 2.24) is 0 Å². The number of ether oxygens (including phenoxy) is 1. The van der Waals surface area contributed by atoms with Gasteiger partial charge in [-0.1, -0.05) is 31.9 Å². The van der Waals surface area contributed by atoms with Gasteiger partial charge in [-0.05, 0) is 24.1 Å². The minimum Gasteiger partial charge on any atom is -0.462 e. The van der Waals surface area contributed by atoms with E-state index in [9.17, 15) is 4.79 Å². The number of halogens is 1. The summed E-state index contributed by atoms with van der Waals surface area (Å²) in [6.07, 6.45) is 0.971. The fraction of sp³-hybridized carbons (Fsp3) is 0.417. The first-order valence-electron chi connectivity index (χ1n) is 5.26. The van der Waals surface area contributed by atoms with E-state index in [1.807, 2.05) is 13.8 Å². The summed E-state index contributed by atoms with van der Waals surface area (Å²) in [5.41, 5.74) is 6.39. The van der Waals surface area contributed by atoms with Gasteiger partial charge < -0.3 is 10.5 Å². The Labute approximate surface area is 101 Å². The lowest BCUT2D eigenvalue weighted by atomic mass is 10.1. The Balaban J connectivity index is 2.69. The van der Waals surface area contributed by atoms with Gasteiger partial charge >= 0.3 is 5.97 Å². The summed E-state index contributed by atoms with van der Waals surface area (Å²) in [4.78, 5) is 11.7. The van der Waals surface area contributed by atoms with E-state index in [1.54, 1.807) is 12.1 Å². The first kappa shape index (κ1) is 12.8. The minimum atomic E-state index is -0.416. The Bertz CT molecular complexity index is 379. The molecule has 0 aliphatic rings. The molecule has 0 amide bonds. The van der Waals surface area contributed by atoms with Crippen molar-refractivity contribution < 1.29 is 9.53 Å². The van der Waals surface area contributed by atoms with E-state index in [2.05, 4.69) is 0 Å². The minimum absolute atomic E-state index is 0.329. The van der Waals surface area contributed by atoms with Crippen LogP contribution in [-0.4, -0.2) is 12.6 Å². The van der Waals surface area contributed by atoms with E-state index in [4.69, 9.17) is 22.1 Å². The molecule has 16 heavy (non-hydrogen) atoms. The zero-order valence-corrected chi connectivity index (χ0v) is 10.3. The average molecular weight is 242 g/mol. The lowest BCUT2D eigenvalue weighted by molar-refractivity contribution is 0.0448. The molecule has 88 valence electrons. The molecule has 0 aliphatic heterocycles. The molecule has 0 radical (unpaired) electrons. The highest BCUT2D eigenvalue weighted by Crippen LogP contribution is 2.19. The van der Waals surface area contributed by atoms with Gasteiger partial charge in [-0.3, -0.25) is 0 Å². The fourth-order valence-electron chi connectivity index (χ4n) is 1.12. The molecule has 3 nitrogen and oxygen atoms in total. The van der Waals surface area contributed by atoms with E-state index in [1.165, 1.54) is 6.07 Å². The van der Waals surface area contributed by atoms with Crippen LogP contribution in [0.2, 0.25) is 5.02 Å². The lowest BCUT2D eigenvalue weighted by Crippen LogP contribution is -2.13. The van der Waals surface area contributed by atoms with Crippen molar-refractivity contribution in [2.75, 3.05) is 12.3 Å². The molecular formula is C12H16ClNO2. The molecular weight excluding hydrogens is 226 g/mol. The highest BCUT2D eigenvalue weighted by Gasteiger charge is 2.12. The first-order valence-corrected chi connectivity index (χ1v) is 5.64. The zero-order chi connectivity index (χ0) is 12.1. The maximum absolute atomic E-state index is 11.7. The van der Waals surface area contributed by atoms with Crippen molar-refractivity contribution in [3.8, 4) is 0 Å². The molecule has 4 heteroatoms. The number of carbonyl (C=O) groups is 1. The Hall–Kier alpha value is -1.22. The van der Waals surface area contributed by atoms with Crippen LogP contribution in [-0.2, 0) is 4.74 Å². The van der Waals surface area contributed by atoms with Gasteiger partial charge in [0, 0.05) is 10.7 Å². The second kappa shape index (κ2) is 5.75. The van der Waals surface area contributed by atoms with Crippen LogP contribution in [0.3, 0.4) is 0 Å². The number of rotatable bonds is 4. The molecule has 1 aromatic rings. The molecule has 0 saturated heterocycles. The molecule has 0 spiro atoms. The molecule has 0 saturated carbocycles. The van der Waals surface area contributed by atoms with E-state index >= 15 is 0 Å². The number of hydrogen-bond acceptors (Lipinski definition) is 3. The fourth-order valence-corrected chi connectivity index (χ4v) is 1.29. The van der Waals surface area contributed by atoms with E-state index in [0.717, 1.165) is 6.42 Å². The van der Waals surface area contributed by atoms with Gasteiger partial charge in [-0.2, -0.15) is 0 Å². The SMILES string of the molecule is CCC(C)COC(=O)c1cc(Cl)ccc1N. The van der Waals surface area contributed by atoms with Crippen LogP contribution in [0.5, 0.6) is 0 Å². The highest BCUT2D eigenvalue weighted by atomic mass is 35.5. The van der Waals surface area contributed by atoms with E-state index in [0.29, 0.717) is 28.8 Å². The van der Waals surface area contributed by atoms with Gasteiger partial charge in [0.2, 0.25) is 0 Å². The number of nitrogens with two attached hydrogens (primary N) is 1. The van der Waals surface area contributed by atoms with Gasteiger partial charge in [0.15, 0.2) is 0 Å². The van der Waals surface area contributed by atoms with Crippen LogP contribution in [0, 0.1) is 5.92 Å². The summed E-state index contributed by atoms with van der Waals surface area (Å²) in [6, 6.07) is 4.76. The third-order valence-corrected chi connectivity index (χ3v) is 2.67. The van der Waals surface area contributed by atoms with Gasteiger partial charge in [-0.15, -0.1) is 0 Å². The monoisotopic (exact) mass is 241 g/mol. The van der Waals surface area contributed by atoms with Crippen molar-refractivity contribution in [3.63, 3.8) is 0 Å². The summed E-state index contributed by atoms with van der Waals surface area (Å²) in [6.45, 7) is 4.47. The van der Waals surface area contributed by atoms with Crippen LogP contribution in [0.15, 0.2) is 18.2 Å². The molecule has 0 bridgehead atoms. The van der Waals surface area contributed by atoms with Crippen molar-refractivity contribution in [2.24, 2.45) is 5.92 Å². The predicted molar refractivity (Wildman–Crippen MR) is 65.6 cm³/mol. The summed E-state index contributed by atoms with van der Waals surface area (Å²) in [5, 5.41) is 0.477. The third kappa shape index (κ3) is 3.42. The number of hydrogen-bond donors (Lipinski definition) is 1. The van der Waals surface area contributed by atoms with Gasteiger partial charge in [-0.25, -0.2) is 4.79 Å². The molecule has 1 unspecified atom stereocenters. The number of benzene rings is 1. The first-order chi connectivity index (χ1) is 7.54. The molecule has 0 fully saturated rings. The Kier molecular flexibility index (Phi) is 4.62. The van der Waals surface area contributed by atoms with Crippen LogP contribution in [0.4, 0.5) is 5.69 Å². The summed E-state index contributed by atoms with van der Waals surface area (Å²) in [7, 11) is 0. The van der Waals surface area contributed by atoms with Crippen LogP contribution < -0.4 is 5.73 Å². The highest BCUT2D eigenvalue weighted by molar-refractivity contribution is 6.31. The van der Waals surface area contributed by atoms with Crippen LogP contribution in [0.1, 0.15) is 30.6 Å². The molecule has 0 heterocycles. The molecule has 2 N–H and O–H groups in total. The molecule has 0 aliphatic carbocycles. The smallest absolute Gasteiger partial charge is 0.340 e. The molecule has 1 rings (SSSR count). The quantitative estimate of drug-likeness (QED) is 0.651. The Morgan fingerprint density at radius 1 is 1.56 bits per heavy atom. The normalized spacial score (nSPS) is 12.2. The Morgan fingerprint density at radius 3 is 2.88 bits per heavy atom. The second-order valence-corrected chi connectivity index (χ2v) is 4.28. The van der Waals surface area contributed by atoms with Gasteiger partial charge in [0.25, 0.3) is 0 Å². The number of esters is 1. The molecule has 1 aromatic carbocycles. The number of nitrogen functional groups attached to an aromatic ring is 1. The average Bonchev–Trinajstić information content (AvgIpc) is 2.28. The lowest BCUT2D eigenvalue weighted by Gasteiger charge is -2.10. The van der Waals surface area contributed by atoms with E-state index < -0.39 is 5.97 Å². The van der Waals surface area contributed by atoms with Crippen LogP contribution >= 0.6 is 11.6 Å². The van der Waals surface area contributed by atoms with Crippen molar-refractivity contribution in [1.29, 1.82) is 0 Å². The summed E-state index contributed by atoms with van der Waals surface area (Å²) >= 11 is 5.79. The molecule has 0 aromatic heterocycles. The standard InChI is InChI=1S/C12H16ClNO2/c1-3-8(2)7-16-12(15)10-6-9(13)4-5-11(10)14/h4-6,8H,3,7,14H2,1-2H3. The van der Waals surface area contributed by atoms with Crippen LogP contribution in [0.25, 0.3) is 0 Å². The maximum Gasteiger partial charge on any atom is 0.340 e. The number of carbonyl (C=O) groups excluding carboxylic acids is 1. The Morgan fingerprint density at radius 2 is 2.25 bits per heavy atom. The van der Waals surface area contributed by atoms with Crippen molar-refractivity contribution in [2.45, 2.75) is 20.3 Å². The molecule has 1 atom stereocenters. The van der Waals surface area contributed by atoms with Gasteiger partial charge in [0.1, 0.15) is 0 Å². The van der Waals surface area contributed by atoms with Crippen molar-refractivity contribution >= 4 is 23.3 Å². The number of anilines is 1. The third-order valence-electron chi connectivity index (χ3n) is 2.43. The largest absolute Gasteiger partial charge is 0.462 e.